The summed E-state index contributed by atoms with van der Waals surface area (Å²) in [6.45, 7) is 3.17. The van der Waals surface area contributed by atoms with Crippen LogP contribution in [-0.4, -0.2) is 60.5 Å². The Morgan fingerprint density at radius 3 is 2.25 bits per heavy atom. The molecule has 8 heteroatoms. The van der Waals surface area contributed by atoms with E-state index in [-0.39, 0.29) is 30.4 Å². The zero-order valence-corrected chi connectivity index (χ0v) is 26.1. The SMILES string of the molecule is COC[C@@H]1CCCN1C[C@H]1C[C@@H](c2ccc(CO)cc2)O[C@@H](c2ccc(CNC(=O)NC34CC5CC(CC(C5)C3)C4)cc2)O1. The average Bonchev–Trinajstić information content (AvgIpc) is 3.45. The van der Waals surface area contributed by atoms with Gasteiger partial charge < -0.3 is 30.0 Å². The number of urea groups is 1. The molecule has 8 nitrogen and oxygen atoms in total. The molecule has 6 fully saturated rings. The summed E-state index contributed by atoms with van der Waals surface area (Å²) in [6, 6.07) is 16.7. The highest BCUT2D eigenvalue weighted by atomic mass is 16.7. The molecule has 0 radical (unpaired) electrons. The molecule has 2 aliphatic heterocycles. The van der Waals surface area contributed by atoms with Crippen LogP contribution in [0.1, 0.15) is 92.4 Å². The van der Waals surface area contributed by atoms with Crippen molar-refractivity contribution in [3.05, 3.63) is 70.8 Å². The number of hydrogen-bond acceptors (Lipinski definition) is 6. The number of benzene rings is 2. The molecule has 4 atom stereocenters. The first-order valence-corrected chi connectivity index (χ1v) is 16.9. The summed E-state index contributed by atoms with van der Waals surface area (Å²) in [5.41, 5.74) is 4.04. The highest BCUT2D eigenvalue weighted by Crippen LogP contribution is 2.55. The second-order valence-corrected chi connectivity index (χ2v) is 14.3. The number of nitrogens with zero attached hydrogens (tertiary/aromatic N) is 1. The third-order valence-electron chi connectivity index (χ3n) is 11.0. The van der Waals surface area contributed by atoms with Crippen LogP contribution in [0.5, 0.6) is 0 Å². The normalized spacial score (nSPS) is 34.7. The first kappa shape index (κ1) is 30.2. The van der Waals surface area contributed by atoms with E-state index in [1.807, 2.05) is 12.1 Å². The Morgan fingerprint density at radius 2 is 1.59 bits per heavy atom. The maximum absolute atomic E-state index is 13.0. The van der Waals surface area contributed by atoms with Crippen LogP contribution in [0.25, 0.3) is 0 Å². The van der Waals surface area contributed by atoms with Crippen LogP contribution < -0.4 is 10.6 Å². The standard InChI is InChI=1S/C36H49N3O5/c1-42-23-31-3-2-12-39(31)21-32-16-33(29-8-6-25(22-40)7-9-29)44-34(43-32)30-10-4-24(5-11-30)20-37-35(41)38-36-17-26-13-27(18-36)15-28(14-26)19-36/h4-11,26-28,31-34,40H,2-3,12-23H2,1H3,(H2,37,38,41)/t26?,27?,28?,31-,32+,33-,34-,36?/m0/s1. The van der Waals surface area contributed by atoms with Crippen LogP contribution in [-0.2, 0) is 27.4 Å². The lowest BCUT2D eigenvalue weighted by molar-refractivity contribution is -0.253. The molecule has 2 aromatic rings. The molecule has 0 spiro atoms. The first-order chi connectivity index (χ1) is 21.5. The maximum atomic E-state index is 13.0. The van der Waals surface area contributed by atoms with Crippen molar-refractivity contribution in [1.29, 1.82) is 0 Å². The summed E-state index contributed by atoms with van der Waals surface area (Å²) in [5, 5.41) is 16.1. The predicted molar refractivity (Wildman–Crippen MR) is 168 cm³/mol. The number of aliphatic hydroxyl groups excluding tert-OH is 1. The van der Waals surface area contributed by atoms with E-state index in [9.17, 15) is 9.90 Å². The van der Waals surface area contributed by atoms with Crippen molar-refractivity contribution in [2.75, 3.05) is 26.8 Å². The molecule has 0 aromatic heterocycles. The van der Waals surface area contributed by atoms with Gasteiger partial charge in [0.05, 0.1) is 25.4 Å². The van der Waals surface area contributed by atoms with E-state index in [1.165, 1.54) is 25.7 Å². The second-order valence-electron chi connectivity index (χ2n) is 14.3. The average molecular weight is 604 g/mol. The van der Waals surface area contributed by atoms with Crippen LogP contribution in [0.15, 0.2) is 48.5 Å². The minimum Gasteiger partial charge on any atom is -0.392 e. The summed E-state index contributed by atoms with van der Waals surface area (Å²) < 4.78 is 18.7. The smallest absolute Gasteiger partial charge is 0.315 e. The number of rotatable bonds is 10. The van der Waals surface area contributed by atoms with Crippen LogP contribution >= 0.6 is 0 Å². The molecule has 238 valence electrons. The quantitative estimate of drug-likeness (QED) is 0.327. The van der Waals surface area contributed by atoms with Gasteiger partial charge in [-0.25, -0.2) is 4.79 Å². The van der Waals surface area contributed by atoms with Crippen molar-refractivity contribution in [2.45, 2.75) is 101 Å². The Kier molecular flexibility index (Phi) is 8.98. The molecule has 8 rings (SSSR count). The number of ether oxygens (including phenoxy) is 3. The zero-order valence-electron chi connectivity index (χ0n) is 26.1. The molecule has 44 heavy (non-hydrogen) atoms. The van der Waals surface area contributed by atoms with Gasteiger partial charge in [0.25, 0.3) is 0 Å². The molecule has 6 aliphatic rings. The lowest BCUT2D eigenvalue weighted by Crippen LogP contribution is -2.61. The van der Waals surface area contributed by atoms with E-state index in [0.29, 0.717) is 12.6 Å². The van der Waals surface area contributed by atoms with Crippen molar-refractivity contribution in [3.8, 4) is 0 Å². The van der Waals surface area contributed by atoms with Crippen molar-refractivity contribution in [3.63, 3.8) is 0 Å². The third-order valence-corrected chi connectivity index (χ3v) is 11.0. The van der Waals surface area contributed by atoms with E-state index in [0.717, 1.165) is 91.8 Å². The number of hydrogen-bond donors (Lipinski definition) is 3. The fourth-order valence-electron chi connectivity index (χ4n) is 9.33. The van der Waals surface area contributed by atoms with Gasteiger partial charge in [-0.15, -0.1) is 0 Å². The van der Waals surface area contributed by atoms with Crippen molar-refractivity contribution in [2.24, 2.45) is 17.8 Å². The Balaban J connectivity index is 0.989. The van der Waals surface area contributed by atoms with Gasteiger partial charge in [0.1, 0.15) is 0 Å². The minimum absolute atomic E-state index is 0.0164. The lowest BCUT2D eigenvalue weighted by Gasteiger charge is -2.56. The molecule has 3 N–H and O–H groups in total. The molecule has 0 unspecified atom stereocenters. The first-order valence-electron chi connectivity index (χ1n) is 16.9. The zero-order chi connectivity index (χ0) is 30.1. The number of aliphatic hydroxyl groups is 1. The molecular formula is C36H49N3O5. The number of nitrogens with one attached hydrogen (secondary N) is 2. The summed E-state index contributed by atoms with van der Waals surface area (Å²) in [7, 11) is 1.78. The van der Waals surface area contributed by atoms with Gasteiger partial charge in [0.2, 0.25) is 0 Å². The molecule has 4 aliphatic carbocycles. The van der Waals surface area contributed by atoms with Crippen LogP contribution in [0.2, 0.25) is 0 Å². The second kappa shape index (κ2) is 13.1. The molecule has 2 amide bonds. The van der Waals surface area contributed by atoms with Gasteiger partial charge in [0.15, 0.2) is 6.29 Å². The molecule has 4 saturated carbocycles. The Labute approximate surface area is 261 Å². The van der Waals surface area contributed by atoms with Gasteiger partial charge in [-0.3, -0.25) is 4.90 Å². The summed E-state index contributed by atoms with van der Waals surface area (Å²) in [4.78, 5) is 15.5. The highest BCUT2D eigenvalue weighted by Gasteiger charge is 2.51. The summed E-state index contributed by atoms with van der Waals surface area (Å²) in [6.07, 6.45) is 10.1. The maximum Gasteiger partial charge on any atom is 0.315 e. The lowest BCUT2D eigenvalue weighted by atomic mass is 9.53. The fourth-order valence-corrected chi connectivity index (χ4v) is 9.33. The molecule has 4 bridgehead atoms. The third kappa shape index (κ3) is 6.70. The van der Waals surface area contributed by atoms with Crippen LogP contribution in [0, 0.1) is 17.8 Å². The predicted octanol–water partition coefficient (Wildman–Crippen LogP) is 5.60. The van der Waals surface area contributed by atoms with E-state index in [2.05, 4.69) is 51.9 Å². The number of methoxy groups -OCH3 is 1. The Hall–Kier alpha value is -2.49. The number of carbonyl (C=O) groups is 1. The highest BCUT2D eigenvalue weighted by molar-refractivity contribution is 5.75. The van der Waals surface area contributed by atoms with Gasteiger partial charge in [0, 0.05) is 43.8 Å². The Bertz CT molecular complexity index is 1230. The van der Waals surface area contributed by atoms with Crippen molar-refractivity contribution in [1.82, 2.24) is 15.5 Å². The largest absolute Gasteiger partial charge is 0.392 e. The molecule has 2 heterocycles. The van der Waals surface area contributed by atoms with E-state index in [4.69, 9.17) is 14.2 Å². The van der Waals surface area contributed by atoms with E-state index >= 15 is 0 Å². The van der Waals surface area contributed by atoms with Gasteiger partial charge >= 0.3 is 6.03 Å². The van der Waals surface area contributed by atoms with Crippen molar-refractivity contribution < 1.29 is 24.1 Å². The monoisotopic (exact) mass is 603 g/mol. The summed E-state index contributed by atoms with van der Waals surface area (Å²) in [5.74, 6) is 2.42. The van der Waals surface area contributed by atoms with E-state index < -0.39 is 6.29 Å². The van der Waals surface area contributed by atoms with Crippen molar-refractivity contribution >= 4 is 6.03 Å². The van der Waals surface area contributed by atoms with Gasteiger partial charge in [-0.1, -0.05) is 48.5 Å². The van der Waals surface area contributed by atoms with E-state index in [1.54, 1.807) is 7.11 Å². The van der Waals surface area contributed by atoms with Crippen LogP contribution in [0.4, 0.5) is 4.79 Å². The van der Waals surface area contributed by atoms with Gasteiger partial charge in [-0.2, -0.15) is 0 Å². The Morgan fingerprint density at radius 1 is 0.932 bits per heavy atom. The molecule has 2 saturated heterocycles. The topological polar surface area (TPSA) is 92.3 Å². The minimum atomic E-state index is -0.485. The van der Waals surface area contributed by atoms with Crippen LogP contribution in [0.3, 0.4) is 0 Å². The summed E-state index contributed by atoms with van der Waals surface area (Å²) >= 11 is 0. The molecule has 2 aromatic carbocycles. The number of likely N-dealkylation sites (tertiary alicyclic amines) is 1. The number of carbonyl (C=O) groups excluding carboxylic acids is 1. The molecular weight excluding hydrogens is 554 g/mol. The van der Waals surface area contributed by atoms with Gasteiger partial charge in [-0.05, 0) is 92.4 Å². The fraction of sp³-hybridized carbons (Fsp3) is 0.639. The number of amides is 2.